The number of nitrogens with zero attached hydrogens (tertiary/aromatic N) is 1. The summed E-state index contributed by atoms with van der Waals surface area (Å²) < 4.78 is 0. The number of aryl methyl sites for hydroxylation is 2. The van der Waals surface area contributed by atoms with E-state index in [1.165, 1.54) is 17.7 Å². The summed E-state index contributed by atoms with van der Waals surface area (Å²) in [5, 5.41) is 10.5. The van der Waals surface area contributed by atoms with Crippen molar-refractivity contribution in [3.05, 3.63) is 69.8 Å². The zero-order valence-electron chi connectivity index (χ0n) is 9.87. The summed E-state index contributed by atoms with van der Waals surface area (Å²) in [7, 11) is 0. The first-order valence-electron chi connectivity index (χ1n) is 5.73. The van der Waals surface area contributed by atoms with Gasteiger partial charge in [0.2, 0.25) is 0 Å². The third-order valence-electron chi connectivity index (χ3n) is 2.83. The molecule has 0 saturated heterocycles. The molecule has 0 aliphatic heterocycles. The Hall–Kier alpha value is -2.36. The molecule has 0 heterocycles. The lowest BCUT2D eigenvalue weighted by Gasteiger charge is -2.02. The van der Waals surface area contributed by atoms with Crippen molar-refractivity contribution in [1.82, 2.24) is 0 Å². The van der Waals surface area contributed by atoms with Gasteiger partial charge in [-0.15, -0.1) is 0 Å². The van der Waals surface area contributed by atoms with Crippen LogP contribution in [0.2, 0.25) is 0 Å². The predicted molar refractivity (Wildman–Crippen MR) is 71.4 cm³/mol. The number of nitro groups is 1. The summed E-state index contributed by atoms with van der Waals surface area (Å²) in [6.45, 7) is 0. The van der Waals surface area contributed by atoms with Gasteiger partial charge in [-0.25, -0.2) is 0 Å². The molecule has 0 radical (unpaired) electrons. The Kier molecular flexibility index (Phi) is 3.57. The first-order valence-corrected chi connectivity index (χ1v) is 5.73. The number of nitrogen functional groups attached to an aromatic ring is 1. The molecule has 0 unspecified atom stereocenters. The SMILES string of the molecule is Nc1ccc(CCc2ccc([N+](=O)[O-])cc2)cc1. The average Bonchev–Trinajstić information content (AvgIpc) is 2.38. The highest BCUT2D eigenvalue weighted by Gasteiger charge is 2.03. The Morgan fingerprint density at radius 1 is 0.889 bits per heavy atom. The standard InChI is InChI=1S/C14H14N2O2/c15-13-7-3-11(4-8-13)1-2-12-5-9-14(10-6-12)16(17)18/h3-10H,1-2,15H2. The molecule has 0 saturated carbocycles. The molecule has 2 rings (SSSR count). The van der Waals surface area contributed by atoms with Crippen LogP contribution in [-0.4, -0.2) is 4.92 Å². The van der Waals surface area contributed by atoms with E-state index in [4.69, 9.17) is 5.73 Å². The second-order valence-corrected chi connectivity index (χ2v) is 4.17. The number of hydrogen-bond donors (Lipinski definition) is 1. The number of nitro benzene ring substituents is 1. The van der Waals surface area contributed by atoms with E-state index in [0.29, 0.717) is 0 Å². The smallest absolute Gasteiger partial charge is 0.269 e. The Labute approximate surface area is 105 Å². The van der Waals surface area contributed by atoms with Crippen LogP contribution in [0.4, 0.5) is 11.4 Å². The third kappa shape index (κ3) is 3.07. The van der Waals surface area contributed by atoms with Gasteiger partial charge in [-0.1, -0.05) is 24.3 Å². The molecule has 0 bridgehead atoms. The fraction of sp³-hybridized carbons (Fsp3) is 0.143. The minimum Gasteiger partial charge on any atom is -0.399 e. The average molecular weight is 242 g/mol. The van der Waals surface area contributed by atoms with E-state index >= 15 is 0 Å². The quantitative estimate of drug-likeness (QED) is 0.509. The minimum atomic E-state index is -0.385. The molecule has 2 aromatic carbocycles. The minimum absolute atomic E-state index is 0.131. The van der Waals surface area contributed by atoms with Crippen LogP contribution in [0.15, 0.2) is 48.5 Å². The van der Waals surface area contributed by atoms with Gasteiger partial charge >= 0.3 is 0 Å². The van der Waals surface area contributed by atoms with Gasteiger partial charge in [-0.3, -0.25) is 10.1 Å². The molecule has 0 fully saturated rings. The summed E-state index contributed by atoms with van der Waals surface area (Å²) in [6.07, 6.45) is 1.76. The normalized spacial score (nSPS) is 10.2. The zero-order valence-corrected chi connectivity index (χ0v) is 9.87. The summed E-state index contributed by atoms with van der Waals surface area (Å²) in [4.78, 5) is 10.1. The van der Waals surface area contributed by atoms with Crippen molar-refractivity contribution in [1.29, 1.82) is 0 Å². The van der Waals surface area contributed by atoms with Crippen molar-refractivity contribution < 1.29 is 4.92 Å². The van der Waals surface area contributed by atoms with E-state index in [0.717, 1.165) is 24.1 Å². The molecule has 0 aliphatic rings. The maximum atomic E-state index is 10.5. The summed E-state index contributed by atoms with van der Waals surface area (Å²) >= 11 is 0. The van der Waals surface area contributed by atoms with Crippen molar-refractivity contribution >= 4 is 11.4 Å². The van der Waals surface area contributed by atoms with Crippen molar-refractivity contribution in [2.45, 2.75) is 12.8 Å². The predicted octanol–water partition coefficient (Wildman–Crippen LogP) is 2.96. The number of anilines is 1. The molecule has 92 valence electrons. The lowest BCUT2D eigenvalue weighted by molar-refractivity contribution is -0.384. The Morgan fingerprint density at radius 3 is 1.78 bits per heavy atom. The van der Waals surface area contributed by atoms with Crippen molar-refractivity contribution in [3.63, 3.8) is 0 Å². The van der Waals surface area contributed by atoms with Gasteiger partial charge < -0.3 is 5.73 Å². The molecular formula is C14H14N2O2. The highest BCUT2D eigenvalue weighted by atomic mass is 16.6. The highest BCUT2D eigenvalue weighted by Crippen LogP contribution is 2.14. The summed E-state index contributed by atoms with van der Waals surface area (Å²) in [5.41, 5.74) is 8.81. The van der Waals surface area contributed by atoms with Gasteiger partial charge in [-0.05, 0) is 36.1 Å². The molecule has 2 N–H and O–H groups in total. The number of rotatable bonds is 4. The van der Waals surface area contributed by atoms with Gasteiger partial charge in [-0.2, -0.15) is 0 Å². The molecule has 0 atom stereocenters. The Morgan fingerprint density at radius 2 is 1.33 bits per heavy atom. The lowest BCUT2D eigenvalue weighted by atomic mass is 10.0. The fourth-order valence-electron chi connectivity index (χ4n) is 1.76. The van der Waals surface area contributed by atoms with Crippen molar-refractivity contribution in [3.8, 4) is 0 Å². The van der Waals surface area contributed by atoms with Gasteiger partial charge in [0.25, 0.3) is 5.69 Å². The fourth-order valence-corrected chi connectivity index (χ4v) is 1.76. The van der Waals surface area contributed by atoms with Crippen LogP contribution < -0.4 is 5.73 Å². The number of hydrogen-bond acceptors (Lipinski definition) is 3. The second-order valence-electron chi connectivity index (χ2n) is 4.17. The van der Waals surface area contributed by atoms with Gasteiger partial charge in [0, 0.05) is 17.8 Å². The van der Waals surface area contributed by atoms with E-state index < -0.39 is 0 Å². The van der Waals surface area contributed by atoms with E-state index in [1.807, 2.05) is 24.3 Å². The first-order chi connectivity index (χ1) is 8.65. The van der Waals surface area contributed by atoms with Gasteiger partial charge in [0.05, 0.1) is 4.92 Å². The van der Waals surface area contributed by atoms with Crippen LogP contribution >= 0.6 is 0 Å². The lowest BCUT2D eigenvalue weighted by Crippen LogP contribution is -1.93. The summed E-state index contributed by atoms with van der Waals surface area (Å²) in [5.74, 6) is 0. The topological polar surface area (TPSA) is 69.2 Å². The van der Waals surface area contributed by atoms with Crippen LogP contribution in [0.3, 0.4) is 0 Å². The van der Waals surface area contributed by atoms with Crippen molar-refractivity contribution in [2.24, 2.45) is 0 Å². The molecule has 4 nitrogen and oxygen atoms in total. The van der Waals surface area contributed by atoms with E-state index in [1.54, 1.807) is 12.1 Å². The molecule has 0 aromatic heterocycles. The summed E-state index contributed by atoms with van der Waals surface area (Å²) in [6, 6.07) is 14.4. The van der Waals surface area contributed by atoms with Crippen LogP contribution in [0.1, 0.15) is 11.1 Å². The molecular weight excluding hydrogens is 228 g/mol. The molecule has 0 spiro atoms. The van der Waals surface area contributed by atoms with E-state index in [9.17, 15) is 10.1 Å². The van der Waals surface area contributed by atoms with E-state index in [-0.39, 0.29) is 10.6 Å². The van der Waals surface area contributed by atoms with Gasteiger partial charge in [0.1, 0.15) is 0 Å². The van der Waals surface area contributed by atoms with Crippen LogP contribution in [0.25, 0.3) is 0 Å². The Balaban J connectivity index is 1.97. The van der Waals surface area contributed by atoms with Crippen LogP contribution in [0, 0.1) is 10.1 Å². The van der Waals surface area contributed by atoms with E-state index in [2.05, 4.69) is 0 Å². The maximum absolute atomic E-state index is 10.5. The van der Waals surface area contributed by atoms with Crippen LogP contribution in [0.5, 0.6) is 0 Å². The maximum Gasteiger partial charge on any atom is 0.269 e. The van der Waals surface area contributed by atoms with Gasteiger partial charge in [0.15, 0.2) is 0 Å². The highest BCUT2D eigenvalue weighted by molar-refractivity contribution is 5.39. The number of benzene rings is 2. The zero-order chi connectivity index (χ0) is 13.0. The third-order valence-corrected chi connectivity index (χ3v) is 2.83. The monoisotopic (exact) mass is 242 g/mol. The molecule has 18 heavy (non-hydrogen) atoms. The second kappa shape index (κ2) is 5.31. The molecule has 0 amide bonds. The number of nitrogens with two attached hydrogens (primary N) is 1. The number of non-ortho nitro benzene ring substituents is 1. The Bertz CT molecular complexity index is 533. The molecule has 4 heteroatoms. The molecule has 0 aliphatic carbocycles. The largest absolute Gasteiger partial charge is 0.399 e. The molecule has 2 aromatic rings. The first kappa shape index (κ1) is 12.1. The van der Waals surface area contributed by atoms with Crippen LogP contribution in [-0.2, 0) is 12.8 Å². The van der Waals surface area contributed by atoms with Crippen molar-refractivity contribution in [2.75, 3.05) is 5.73 Å².